The molecular formula is C12H8BrN3. The molecule has 2 aromatic rings. The van der Waals surface area contributed by atoms with Gasteiger partial charge in [0.1, 0.15) is 12.2 Å². The Morgan fingerprint density at radius 3 is 2.50 bits per heavy atom. The van der Waals surface area contributed by atoms with Crippen LogP contribution < -0.4 is 0 Å². The van der Waals surface area contributed by atoms with Crippen molar-refractivity contribution < 1.29 is 0 Å². The maximum absolute atomic E-state index is 9.18. The highest BCUT2D eigenvalue weighted by molar-refractivity contribution is 9.10. The number of nitriles is 1. The largest absolute Gasteiger partial charge is 0.245 e. The van der Waals surface area contributed by atoms with Crippen LogP contribution in [0.2, 0.25) is 0 Å². The summed E-state index contributed by atoms with van der Waals surface area (Å²) in [6, 6.07) is 11.7. The van der Waals surface area contributed by atoms with Gasteiger partial charge >= 0.3 is 0 Å². The first-order chi connectivity index (χ1) is 7.81. The molecule has 0 aliphatic heterocycles. The number of aromatic nitrogens is 2. The van der Waals surface area contributed by atoms with Crippen molar-refractivity contribution in [3.05, 3.63) is 58.6 Å². The Hall–Kier alpha value is -1.73. The maximum atomic E-state index is 9.18. The number of hydrogen-bond donors (Lipinski definition) is 0. The van der Waals surface area contributed by atoms with E-state index in [0.717, 1.165) is 15.7 Å². The van der Waals surface area contributed by atoms with Crippen molar-refractivity contribution in [3.63, 3.8) is 0 Å². The molecule has 0 saturated heterocycles. The average molecular weight is 274 g/mol. The summed E-state index contributed by atoms with van der Waals surface area (Å²) >= 11 is 3.36. The monoisotopic (exact) mass is 273 g/mol. The molecule has 0 N–H and O–H groups in total. The fourth-order valence-electron chi connectivity index (χ4n) is 1.44. The van der Waals surface area contributed by atoms with Gasteiger partial charge in [0.05, 0.1) is 11.8 Å². The molecule has 0 fully saturated rings. The van der Waals surface area contributed by atoms with Crippen LogP contribution in [0.1, 0.15) is 17.2 Å². The third kappa shape index (κ3) is 2.26. The van der Waals surface area contributed by atoms with Crippen molar-refractivity contribution in [2.45, 2.75) is 5.92 Å². The Morgan fingerprint density at radius 1 is 1.19 bits per heavy atom. The topological polar surface area (TPSA) is 49.6 Å². The van der Waals surface area contributed by atoms with Crippen LogP contribution in [0.4, 0.5) is 0 Å². The Labute approximate surface area is 102 Å². The number of halogens is 1. The van der Waals surface area contributed by atoms with E-state index in [1.165, 1.54) is 6.33 Å². The van der Waals surface area contributed by atoms with Crippen LogP contribution in [-0.2, 0) is 0 Å². The molecular weight excluding hydrogens is 266 g/mol. The molecule has 0 bridgehead atoms. The quantitative estimate of drug-likeness (QED) is 0.846. The van der Waals surface area contributed by atoms with Crippen LogP contribution in [0, 0.1) is 11.3 Å². The van der Waals surface area contributed by atoms with Gasteiger partial charge in [0.2, 0.25) is 0 Å². The van der Waals surface area contributed by atoms with E-state index in [0.29, 0.717) is 0 Å². The molecule has 0 radical (unpaired) electrons. The summed E-state index contributed by atoms with van der Waals surface area (Å²) in [7, 11) is 0. The third-order valence-corrected chi connectivity index (χ3v) is 2.76. The van der Waals surface area contributed by atoms with E-state index >= 15 is 0 Å². The Kier molecular flexibility index (Phi) is 3.28. The molecule has 2 rings (SSSR count). The summed E-state index contributed by atoms with van der Waals surface area (Å²) in [4.78, 5) is 7.95. The second-order valence-corrected chi connectivity index (χ2v) is 4.16. The lowest BCUT2D eigenvalue weighted by Gasteiger charge is -2.08. The van der Waals surface area contributed by atoms with Crippen LogP contribution in [-0.4, -0.2) is 9.97 Å². The predicted molar refractivity (Wildman–Crippen MR) is 63.6 cm³/mol. The SMILES string of the molecule is N#CC(c1ccc(Br)cc1)c1ccncn1. The van der Waals surface area contributed by atoms with Crippen molar-refractivity contribution in [2.75, 3.05) is 0 Å². The average Bonchev–Trinajstić information content (AvgIpc) is 2.34. The zero-order valence-corrected chi connectivity index (χ0v) is 9.92. The highest BCUT2D eigenvalue weighted by Gasteiger charge is 2.13. The molecule has 1 unspecified atom stereocenters. The Morgan fingerprint density at radius 2 is 1.94 bits per heavy atom. The maximum Gasteiger partial charge on any atom is 0.115 e. The Bertz CT molecular complexity index is 502. The minimum absolute atomic E-state index is 0.337. The molecule has 78 valence electrons. The van der Waals surface area contributed by atoms with Crippen molar-refractivity contribution in [2.24, 2.45) is 0 Å². The molecule has 1 aromatic carbocycles. The number of nitrogens with zero attached hydrogens (tertiary/aromatic N) is 3. The summed E-state index contributed by atoms with van der Waals surface area (Å²) in [5.74, 6) is -0.337. The van der Waals surface area contributed by atoms with E-state index < -0.39 is 0 Å². The number of rotatable bonds is 2. The first kappa shape index (κ1) is 10.8. The van der Waals surface area contributed by atoms with Gasteiger partial charge in [-0.05, 0) is 23.8 Å². The van der Waals surface area contributed by atoms with E-state index in [4.69, 9.17) is 0 Å². The highest BCUT2D eigenvalue weighted by Crippen LogP contribution is 2.23. The number of hydrogen-bond acceptors (Lipinski definition) is 3. The highest BCUT2D eigenvalue weighted by atomic mass is 79.9. The van der Waals surface area contributed by atoms with Crippen molar-refractivity contribution in [1.82, 2.24) is 9.97 Å². The van der Waals surface area contributed by atoms with E-state index in [-0.39, 0.29) is 5.92 Å². The molecule has 3 nitrogen and oxygen atoms in total. The predicted octanol–water partition coefficient (Wildman–Crippen LogP) is 2.89. The van der Waals surface area contributed by atoms with Gasteiger partial charge < -0.3 is 0 Å². The van der Waals surface area contributed by atoms with Crippen molar-refractivity contribution >= 4 is 15.9 Å². The summed E-state index contributed by atoms with van der Waals surface area (Å²) in [6.07, 6.45) is 3.10. The van der Waals surface area contributed by atoms with E-state index in [2.05, 4.69) is 32.0 Å². The second kappa shape index (κ2) is 4.86. The summed E-state index contributed by atoms with van der Waals surface area (Å²) in [5.41, 5.74) is 1.66. The van der Waals surface area contributed by atoms with Gasteiger partial charge in [-0.3, -0.25) is 0 Å². The molecule has 16 heavy (non-hydrogen) atoms. The molecule has 0 aliphatic rings. The molecule has 1 heterocycles. The lowest BCUT2D eigenvalue weighted by Crippen LogP contribution is -2.00. The van der Waals surface area contributed by atoms with Gasteiger partial charge in [-0.25, -0.2) is 9.97 Å². The lowest BCUT2D eigenvalue weighted by atomic mass is 9.97. The van der Waals surface area contributed by atoms with Crippen LogP contribution in [0.5, 0.6) is 0 Å². The van der Waals surface area contributed by atoms with E-state index in [1.807, 2.05) is 24.3 Å². The smallest absolute Gasteiger partial charge is 0.115 e. The fraction of sp³-hybridized carbons (Fsp3) is 0.0833. The molecule has 1 atom stereocenters. The minimum Gasteiger partial charge on any atom is -0.245 e. The van der Waals surface area contributed by atoms with Gasteiger partial charge in [-0.1, -0.05) is 28.1 Å². The minimum atomic E-state index is -0.337. The first-order valence-corrected chi connectivity index (χ1v) is 5.51. The molecule has 0 aliphatic carbocycles. The molecule has 0 spiro atoms. The molecule has 1 aromatic heterocycles. The van der Waals surface area contributed by atoms with Gasteiger partial charge in [-0.15, -0.1) is 0 Å². The first-order valence-electron chi connectivity index (χ1n) is 4.72. The van der Waals surface area contributed by atoms with E-state index in [1.54, 1.807) is 12.3 Å². The fourth-order valence-corrected chi connectivity index (χ4v) is 1.70. The van der Waals surface area contributed by atoms with Crippen molar-refractivity contribution in [1.29, 1.82) is 5.26 Å². The second-order valence-electron chi connectivity index (χ2n) is 3.25. The van der Waals surface area contributed by atoms with Crippen LogP contribution in [0.3, 0.4) is 0 Å². The third-order valence-electron chi connectivity index (χ3n) is 2.23. The summed E-state index contributed by atoms with van der Waals surface area (Å²) in [6.45, 7) is 0. The van der Waals surface area contributed by atoms with Crippen LogP contribution >= 0.6 is 15.9 Å². The zero-order chi connectivity index (χ0) is 11.4. The summed E-state index contributed by atoms with van der Waals surface area (Å²) in [5, 5.41) is 9.18. The van der Waals surface area contributed by atoms with Gasteiger partial charge in [0.15, 0.2) is 0 Å². The molecule has 0 amide bonds. The lowest BCUT2D eigenvalue weighted by molar-refractivity contribution is 0.943. The standard InChI is InChI=1S/C12H8BrN3/c13-10-3-1-9(2-4-10)11(7-14)12-5-6-15-8-16-12/h1-6,8,11H. The normalized spacial score (nSPS) is 11.8. The summed E-state index contributed by atoms with van der Waals surface area (Å²) < 4.78 is 0.996. The molecule has 4 heteroatoms. The Balaban J connectivity index is 2.38. The molecule has 0 saturated carbocycles. The zero-order valence-electron chi connectivity index (χ0n) is 8.34. The van der Waals surface area contributed by atoms with Gasteiger partial charge in [0.25, 0.3) is 0 Å². The van der Waals surface area contributed by atoms with E-state index in [9.17, 15) is 5.26 Å². The van der Waals surface area contributed by atoms with Gasteiger partial charge in [0, 0.05) is 10.7 Å². The van der Waals surface area contributed by atoms with Crippen molar-refractivity contribution in [3.8, 4) is 6.07 Å². The van der Waals surface area contributed by atoms with Crippen LogP contribution in [0.15, 0.2) is 47.3 Å². The number of benzene rings is 1. The van der Waals surface area contributed by atoms with Gasteiger partial charge in [-0.2, -0.15) is 5.26 Å². The van der Waals surface area contributed by atoms with Crippen LogP contribution in [0.25, 0.3) is 0 Å².